The van der Waals surface area contributed by atoms with Gasteiger partial charge in [0.05, 0.1) is 159 Å². The third-order valence-electron chi connectivity index (χ3n) is 9.05. The Morgan fingerprint density at radius 2 is 0.556 bits per heavy atom. The Balaban J connectivity index is 0.000000140. The molecule has 0 saturated carbocycles. The molecule has 0 aromatic heterocycles. The zero-order chi connectivity index (χ0) is 37.5. The third-order valence-corrected chi connectivity index (χ3v) is 9.05. The lowest BCUT2D eigenvalue weighted by molar-refractivity contribution is -0.0650. The molecular formula is C38H66O16. The Hall–Kier alpha value is -0.640. The van der Waals surface area contributed by atoms with Gasteiger partial charge in [-0.1, -0.05) is 20.8 Å². The van der Waals surface area contributed by atoms with Crippen LogP contribution in [-0.4, -0.2) is 207 Å². The topological polar surface area (TPSA) is 174 Å². The molecule has 8 rings (SSSR count). The molecule has 8 atom stereocenters. The second kappa shape index (κ2) is 22.5. The first kappa shape index (κ1) is 43.0. The summed E-state index contributed by atoms with van der Waals surface area (Å²) in [5.41, 5.74) is -0.0670. The van der Waals surface area contributed by atoms with Crippen LogP contribution in [0.1, 0.15) is 20.8 Å². The molecule has 8 heterocycles. The minimum atomic E-state index is -0.140. The van der Waals surface area contributed by atoms with E-state index in [2.05, 4.69) is 20.8 Å². The average molecular weight is 779 g/mol. The molecule has 0 spiro atoms. The summed E-state index contributed by atoms with van der Waals surface area (Å²) >= 11 is 0. The van der Waals surface area contributed by atoms with Gasteiger partial charge in [0.1, 0.15) is 48.8 Å². The Bertz CT molecular complexity index is 897. The van der Waals surface area contributed by atoms with Crippen molar-refractivity contribution in [3.63, 3.8) is 0 Å². The summed E-state index contributed by atoms with van der Waals surface area (Å²) in [6.45, 7) is 23.8. The molecule has 0 amide bonds. The van der Waals surface area contributed by atoms with Crippen LogP contribution in [0.25, 0.3) is 0 Å². The zero-order valence-electron chi connectivity index (χ0n) is 32.7. The molecule has 314 valence electrons. The molecule has 8 saturated heterocycles. The van der Waals surface area contributed by atoms with Gasteiger partial charge in [-0.3, -0.25) is 0 Å². The maximum absolute atomic E-state index is 5.72. The highest BCUT2D eigenvalue weighted by atomic mass is 16.6. The lowest BCUT2D eigenvalue weighted by atomic mass is 9.94. The lowest BCUT2D eigenvalue weighted by Crippen LogP contribution is -2.35. The summed E-state index contributed by atoms with van der Waals surface area (Å²) in [7, 11) is 0. The van der Waals surface area contributed by atoms with E-state index >= 15 is 0 Å². The Morgan fingerprint density at radius 1 is 0.352 bits per heavy atom. The van der Waals surface area contributed by atoms with Gasteiger partial charge in [0.25, 0.3) is 0 Å². The molecule has 8 fully saturated rings. The summed E-state index contributed by atoms with van der Waals surface area (Å²) in [4.78, 5) is 0. The van der Waals surface area contributed by atoms with Gasteiger partial charge in [-0.05, 0) is 0 Å². The van der Waals surface area contributed by atoms with E-state index in [-0.39, 0.29) is 16.7 Å². The fourth-order valence-corrected chi connectivity index (χ4v) is 4.97. The fraction of sp³-hybridized carbons (Fsp3) is 1.00. The van der Waals surface area contributed by atoms with Gasteiger partial charge >= 0.3 is 0 Å². The van der Waals surface area contributed by atoms with Crippen molar-refractivity contribution in [2.75, 3.05) is 159 Å². The van der Waals surface area contributed by atoms with Crippen LogP contribution in [0.4, 0.5) is 0 Å². The Kier molecular flexibility index (Phi) is 17.9. The molecule has 16 nitrogen and oxygen atoms in total. The molecule has 0 aromatic carbocycles. The van der Waals surface area contributed by atoms with Gasteiger partial charge in [-0.2, -0.15) is 0 Å². The molecule has 0 N–H and O–H groups in total. The first-order chi connectivity index (χ1) is 26.3. The second-order valence-corrected chi connectivity index (χ2v) is 16.7. The highest BCUT2D eigenvalue weighted by Crippen LogP contribution is 2.23. The maximum Gasteiger partial charge on any atom is 0.104 e. The van der Waals surface area contributed by atoms with E-state index in [4.69, 9.17) is 75.8 Å². The quantitative estimate of drug-likeness (QED) is 0.0882. The summed E-state index contributed by atoms with van der Waals surface area (Å²) < 4.78 is 86.0. The van der Waals surface area contributed by atoms with Crippen LogP contribution in [0.3, 0.4) is 0 Å². The standard InChI is InChI=1S/C14H24O6.C13H22O6.C11H20O4/c1-14(8-15-2-11-5-18-11,9-16-3-12-6-19-12)10-17-4-13-7-20-13;1(14-4-11-7-17-11)10(2-15-5-12-8-18-12)3-16-6-13-9-19-13;1-11(2,7-12-3-9-5-14-9)8-13-4-10-6-15-10/h11-13H,2-10H2,1H3;10-13H,1-9H2;9-10H,3-8H2,1-2H3. The Labute approximate surface area is 320 Å². The number of rotatable bonds is 32. The first-order valence-corrected chi connectivity index (χ1v) is 19.8. The minimum absolute atomic E-state index is 0.0732. The maximum atomic E-state index is 5.72. The lowest BCUT2D eigenvalue weighted by Gasteiger charge is -2.28. The molecule has 8 aliphatic rings. The van der Waals surface area contributed by atoms with E-state index < -0.39 is 0 Å². The number of hydrogen-bond acceptors (Lipinski definition) is 16. The largest absolute Gasteiger partial charge is 0.378 e. The van der Waals surface area contributed by atoms with Crippen molar-refractivity contribution >= 4 is 0 Å². The van der Waals surface area contributed by atoms with Crippen molar-refractivity contribution in [3.05, 3.63) is 0 Å². The van der Waals surface area contributed by atoms with Crippen LogP contribution in [0.2, 0.25) is 0 Å². The zero-order valence-corrected chi connectivity index (χ0v) is 32.7. The van der Waals surface area contributed by atoms with Crippen molar-refractivity contribution in [2.45, 2.75) is 69.6 Å². The van der Waals surface area contributed by atoms with Gasteiger partial charge in [0.15, 0.2) is 0 Å². The van der Waals surface area contributed by atoms with E-state index in [0.29, 0.717) is 128 Å². The van der Waals surface area contributed by atoms with Gasteiger partial charge in [-0.15, -0.1) is 0 Å². The van der Waals surface area contributed by atoms with Crippen LogP contribution in [-0.2, 0) is 75.8 Å². The van der Waals surface area contributed by atoms with Crippen molar-refractivity contribution in [2.24, 2.45) is 16.7 Å². The monoisotopic (exact) mass is 778 g/mol. The van der Waals surface area contributed by atoms with E-state index in [0.717, 1.165) is 79.3 Å². The summed E-state index contributed by atoms with van der Waals surface area (Å²) in [5.74, 6) is 0.260. The third kappa shape index (κ3) is 22.3. The average Bonchev–Trinajstić information content (AvgIpc) is 3.94. The minimum Gasteiger partial charge on any atom is -0.378 e. The highest BCUT2D eigenvalue weighted by Gasteiger charge is 2.33. The van der Waals surface area contributed by atoms with E-state index in [1.165, 1.54) is 0 Å². The van der Waals surface area contributed by atoms with Crippen molar-refractivity contribution in [1.82, 2.24) is 0 Å². The molecule has 0 aliphatic carbocycles. The van der Waals surface area contributed by atoms with E-state index in [9.17, 15) is 0 Å². The van der Waals surface area contributed by atoms with Crippen LogP contribution in [0.15, 0.2) is 0 Å². The molecule has 0 bridgehead atoms. The molecular weight excluding hydrogens is 712 g/mol. The first-order valence-electron chi connectivity index (χ1n) is 19.8. The number of epoxide rings is 8. The van der Waals surface area contributed by atoms with Gasteiger partial charge in [0.2, 0.25) is 0 Å². The normalized spacial score (nSPS) is 32.3. The number of hydrogen-bond donors (Lipinski definition) is 0. The SMILES string of the molecule is C(OCC1CO1)C(COCC1CO1)COCC1CO1.CC(C)(COCC1CO1)COCC1CO1.CC(COCC1CO1)(COCC1CO1)COCC1CO1. The van der Waals surface area contributed by atoms with Crippen molar-refractivity contribution in [3.8, 4) is 0 Å². The van der Waals surface area contributed by atoms with Gasteiger partial charge < -0.3 is 75.8 Å². The smallest absolute Gasteiger partial charge is 0.104 e. The predicted octanol–water partition coefficient (Wildman–Crippen LogP) is 0.931. The summed E-state index contributed by atoms with van der Waals surface area (Å²) in [5, 5.41) is 0. The van der Waals surface area contributed by atoms with E-state index in [1.807, 2.05) is 0 Å². The van der Waals surface area contributed by atoms with Crippen LogP contribution < -0.4 is 0 Å². The molecule has 0 aromatic rings. The highest BCUT2D eigenvalue weighted by molar-refractivity contribution is 4.78. The van der Waals surface area contributed by atoms with Crippen LogP contribution >= 0.6 is 0 Å². The fourth-order valence-electron chi connectivity index (χ4n) is 4.97. The van der Waals surface area contributed by atoms with Crippen molar-refractivity contribution in [1.29, 1.82) is 0 Å². The molecule has 8 unspecified atom stereocenters. The predicted molar refractivity (Wildman–Crippen MR) is 190 cm³/mol. The summed E-state index contributed by atoms with van der Waals surface area (Å²) in [6, 6.07) is 0. The molecule has 0 radical (unpaired) electrons. The molecule has 16 heteroatoms. The van der Waals surface area contributed by atoms with Crippen molar-refractivity contribution < 1.29 is 75.8 Å². The molecule has 8 aliphatic heterocycles. The van der Waals surface area contributed by atoms with E-state index in [1.54, 1.807) is 0 Å². The molecule has 54 heavy (non-hydrogen) atoms. The van der Waals surface area contributed by atoms with Gasteiger partial charge in [-0.25, -0.2) is 0 Å². The number of ether oxygens (including phenoxy) is 16. The van der Waals surface area contributed by atoms with Gasteiger partial charge in [0, 0.05) is 16.7 Å². The van der Waals surface area contributed by atoms with Crippen LogP contribution in [0.5, 0.6) is 0 Å². The summed E-state index contributed by atoms with van der Waals surface area (Å²) in [6.07, 6.45) is 2.50. The second-order valence-electron chi connectivity index (χ2n) is 16.7. The van der Waals surface area contributed by atoms with Crippen LogP contribution in [0, 0.1) is 16.7 Å². The Morgan fingerprint density at radius 3 is 0.778 bits per heavy atom.